The van der Waals surface area contributed by atoms with Crippen LogP contribution >= 0.6 is 0 Å². The Balaban J connectivity index is 1.89. The molecule has 0 radical (unpaired) electrons. The van der Waals surface area contributed by atoms with Gasteiger partial charge in [0.05, 0.1) is 25.3 Å². The Kier molecular flexibility index (Phi) is 3.32. The summed E-state index contributed by atoms with van der Waals surface area (Å²) in [6, 6.07) is 13.1. The van der Waals surface area contributed by atoms with Gasteiger partial charge in [-0.1, -0.05) is 6.07 Å². The molecule has 0 N–H and O–H groups in total. The van der Waals surface area contributed by atoms with Crippen molar-refractivity contribution in [2.75, 3.05) is 7.11 Å². The molecule has 1 aliphatic heterocycles. The predicted molar refractivity (Wildman–Crippen MR) is 75.8 cm³/mol. The van der Waals surface area contributed by atoms with Crippen molar-refractivity contribution in [3.8, 4) is 23.3 Å². The lowest BCUT2D eigenvalue weighted by Gasteiger charge is -2.11. The fourth-order valence-corrected chi connectivity index (χ4v) is 2.16. The van der Waals surface area contributed by atoms with E-state index >= 15 is 0 Å². The second-order valence-electron chi connectivity index (χ2n) is 4.50. The second kappa shape index (κ2) is 5.28. The molecule has 0 amide bonds. The first-order chi connectivity index (χ1) is 9.80. The molecule has 0 aliphatic carbocycles. The molecule has 4 nitrogen and oxygen atoms in total. The highest BCUT2D eigenvalue weighted by Crippen LogP contribution is 2.32. The van der Waals surface area contributed by atoms with Gasteiger partial charge in [0.25, 0.3) is 0 Å². The minimum absolute atomic E-state index is 0.538. The molecule has 0 saturated carbocycles. The second-order valence-corrected chi connectivity index (χ2v) is 4.50. The molecule has 3 rings (SSSR count). The molecule has 2 aromatic carbocycles. The maximum absolute atomic E-state index is 8.88. The molecule has 0 aromatic heterocycles. The molecule has 1 aliphatic rings. The molecule has 0 bridgehead atoms. The van der Waals surface area contributed by atoms with Crippen LogP contribution in [0.2, 0.25) is 0 Å². The summed E-state index contributed by atoms with van der Waals surface area (Å²) in [5.74, 6) is 1.86. The van der Waals surface area contributed by atoms with Crippen molar-refractivity contribution >= 4 is 12.9 Å². The number of rotatable bonds is 3. The maximum atomic E-state index is 8.88. The smallest absolute Gasteiger partial charge is 0.309 e. The van der Waals surface area contributed by atoms with Crippen LogP contribution in [0.3, 0.4) is 0 Å². The number of ether oxygens (including phenoxy) is 2. The Morgan fingerprint density at radius 1 is 1.20 bits per heavy atom. The van der Waals surface area contributed by atoms with Gasteiger partial charge in [-0.15, -0.1) is 0 Å². The van der Waals surface area contributed by atoms with Crippen LogP contribution in [0, 0.1) is 11.3 Å². The van der Waals surface area contributed by atoms with Crippen molar-refractivity contribution in [3.05, 3.63) is 47.5 Å². The number of methoxy groups -OCH3 is 1. The zero-order chi connectivity index (χ0) is 13.9. The van der Waals surface area contributed by atoms with Crippen molar-refractivity contribution < 1.29 is 14.1 Å². The van der Waals surface area contributed by atoms with Crippen LogP contribution in [0.1, 0.15) is 11.1 Å². The van der Waals surface area contributed by atoms with Gasteiger partial charge in [-0.05, 0) is 35.3 Å². The Morgan fingerprint density at radius 2 is 2.10 bits per heavy atom. The first kappa shape index (κ1) is 12.6. The summed E-state index contributed by atoms with van der Waals surface area (Å²) in [7, 11) is 2.22. The van der Waals surface area contributed by atoms with Gasteiger partial charge >= 0.3 is 7.48 Å². The molecule has 0 atom stereocenters. The van der Waals surface area contributed by atoms with E-state index in [0.29, 0.717) is 31.2 Å². The average Bonchev–Trinajstić information content (AvgIpc) is 2.95. The van der Waals surface area contributed by atoms with Crippen LogP contribution < -0.4 is 14.9 Å². The molecule has 98 valence electrons. The van der Waals surface area contributed by atoms with Crippen molar-refractivity contribution in [1.82, 2.24) is 0 Å². The molecule has 2 aromatic rings. The summed E-state index contributed by atoms with van der Waals surface area (Å²) in [4.78, 5) is 0. The fourth-order valence-electron chi connectivity index (χ4n) is 2.16. The highest BCUT2D eigenvalue weighted by molar-refractivity contribution is 6.48. The van der Waals surface area contributed by atoms with Crippen LogP contribution in [-0.2, 0) is 11.3 Å². The summed E-state index contributed by atoms with van der Waals surface area (Å²) in [5, 5.41) is 8.88. The number of hydrogen-bond acceptors (Lipinski definition) is 4. The molecule has 1 heterocycles. The Hall–Kier alpha value is -2.45. The average molecular weight is 265 g/mol. The van der Waals surface area contributed by atoms with Crippen molar-refractivity contribution in [2.45, 2.75) is 6.61 Å². The zero-order valence-corrected chi connectivity index (χ0v) is 11.1. The Morgan fingerprint density at radius 3 is 2.90 bits per heavy atom. The molecular weight excluding hydrogens is 253 g/mol. The van der Waals surface area contributed by atoms with Crippen LogP contribution in [0.5, 0.6) is 17.2 Å². The van der Waals surface area contributed by atoms with Crippen LogP contribution in [-0.4, -0.2) is 14.6 Å². The summed E-state index contributed by atoms with van der Waals surface area (Å²) in [6.07, 6.45) is 0. The normalized spacial score (nSPS) is 12.2. The van der Waals surface area contributed by atoms with E-state index in [2.05, 4.69) is 6.07 Å². The third kappa shape index (κ3) is 2.34. The number of fused-ring (bicyclic) bond motifs is 1. The van der Waals surface area contributed by atoms with Gasteiger partial charge in [0, 0.05) is 6.07 Å². The van der Waals surface area contributed by atoms with Gasteiger partial charge in [-0.25, -0.2) is 0 Å². The fraction of sp³-hybridized carbons (Fsp3) is 0.133. The quantitative estimate of drug-likeness (QED) is 0.795. The first-order valence-corrected chi connectivity index (χ1v) is 6.25. The highest BCUT2D eigenvalue weighted by Gasteiger charge is 2.14. The standard InChI is InChI=1S/C15H12BNO3/c1-18-15-6-10(8-17)2-5-14(15)20-12-3-4-13-11(7-12)9-19-16-13/h2-7,16H,9H2,1H3. The number of hydrogen-bond donors (Lipinski definition) is 0. The van der Waals surface area contributed by atoms with E-state index in [0.717, 1.165) is 11.3 Å². The predicted octanol–water partition coefficient (Wildman–Crippen LogP) is 1.87. The number of nitrogens with zero attached hydrogens (tertiary/aromatic N) is 1. The summed E-state index contributed by atoms with van der Waals surface area (Å²) >= 11 is 0. The molecule has 20 heavy (non-hydrogen) atoms. The lowest BCUT2D eigenvalue weighted by atomic mass is 9.87. The monoisotopic (exact) mass is 265 g/mol. The minimum atomic E-state index is 0.538. The summed E-state index contributed by atoms with van der Waals surface area (Å²) in [5.41, 5.74) is 2.89. The minimum Gasteiger partial charge on any atom is -0.493 e. The topological polar surface area (TPSA) is 51.5 Å². The van der Waals surface area contributed by atoms with Crippen molar-refractivity contribution in [3.63, 3.8) is 0 Å². The molecule has 0 saturated heterocycles. The molecule has 0 unspecified atom stereocenters. The van der Waals surface area contributed by atoms with Crippen LogP contribution in [0.15, 0.2) is 36.4 Å². The van der Waals surface area contributed by atoms with E-state index < -0.39 is 0 Å². The highest BCUT2D eigenvalue weighted by atomic mass is 16.5. The Labute approximate surface area is 117 Å². The van der Waals surface area contributed by atoms with Gasteiger partial charge < -0.3 is 14.1 Å². The third-order valence-electron chi connectivity index (χ3n) is 3.21. The van der Waals surface area contributed by atoms with Gasteiger partial charge in [0.2, 0.25) is 0 Å². The number of benzene rings is 2. The lowest BCUT2D eigenvalue weighted by molar-refractivity contribution is 0.344. The molecule has 5 heteroatoms. The van der Waals surface area contributed by atoms with E-state index in [9.17, 15) is 0 Å². The van der Waals surface area contributed by atoms with E-state index in [1.807, 2.05) is 18.2 Å². The van der Waals surface area contributed by atoms with E-state index in [4.69, 9.17) is 19.4 Å². The van der Waals surface area contributed by atoms with Gasteiger partial charge in [-0.3, -0.25) is 0 Å². The van der Waals surface area contributed by atoms with Gasteiger partial charge in [-0.2, -0.15) is 5.26 Å². The van der Waals surface area contributed by atoms with Crippen molar-refractivity contribution in [2.24, 2.45) is 0 Å². The van der Waals surface area contributed by atoms with Gasteiger partial charge in [0.15, 0.2) is 11.5 Å². The first-order valence-electron chi connectivity index (χ1n) is 6.25. The lowest BCUT2D eigenvalue weighted by Crippen LogP contribution is -2.10. The molecule has 0 fully saturated rings. The zero-order valence-electron chi connectivity index (χ0n) is 11.1. The third-order valence-corrected chi connectivity index (χ3v) is 3.21. The van der Waals surface area contributed by atoms with E-state index in [1.165, 1.54) is 5.46 Å². The largest absolute Gasteiger partial charge is 0.493 e. The SMILES string of the molecule is COc1cc(C#N)ccc1Oc1ccc2c(c1)COB2. The van der Waals surface area contributed by atoms with Crippen LogP contribution in [0.4, 0.5) is 0 Å². The van der Waals surface area contributed by atoms with Crippen molar-refractivity contribution in [1.29, 1.82) is 5.26 Å². The summed E-state index contributed by atoms with van der Waals surface area (Å²) < 4.78 is 16.5. The summed E-state index contributed by atoms with van der Waals surface area (Å²) in [6.45, 7) is 0.622. The van der Waals surface area contributed by atoms with E-state index in [1.54, 1.807) is 25.3 Å². The number of nitriles is 1. The molecule has 0 spiro atoms. The maximum Gasteiger partial charge on any atom is 0.309 e. The Bertz CT molecular complexity index is 694. The van der Waals surface area contributed by atoms with Crippen LogP contribution in [0.25, 0.3) is 0 Å². The van der Waals surface area contributed by atoms with Gasteiger partial charge in [0.1, 0.15) is 5.75 Å². The molecular formula is C15H12BNO3. The van der Waals surface area contributed by atoms with E-state index in [-0.39, 0.29) is 0 Å².